The molecule has 1 heterocycles. The highest BCUT2D eigenvalue weighted by atomic mass is 15.1. The van der Waals surface area contributed by atoms with Crippen LogP contribution in [0, 0.1) is 0 Å². The van der Waals surface area contributed by atoms with E-state index in [0.29, 0.717) is 0 Å². The van der Waals surface area contributed by atoms with Gasteiger partial charge in [0.05, 0.1) is 11.4 Å². The van der Waals surface area contributed by atoms with Crippen LogP contribution in [0.5, 0.6) is 0 Å². The highest BCUT2D eigenvalue weighted by Gasteiger charge is 2.20. The van der Waals surface area contributed by atoms with Gasteiger partial charge in [0.15, 0.2) is 0 Å². The molecule has 264 valence electrons. The summed E-state index contributed by atoms with van der Waals surface area (Å²) in [6.45, 7) is 6.17. The van der Waals surface area contributed by atoms with Gasteiger partial charge in [-0.15, -0.1) is 0 Å². The first-order valence-corrected chi connectivity index (χ1v) is 19.2. The summed E-state index contributed by atoms with van der Waals surface area (Å²) in [5.41, 5.74) is 11.2. The van der Waals surface area contributed by atoms with Gasteiger partial charge in [-0.2, -0.15) is 0 Å². The molecule has 0 fully saturated rings. The van der Waals surface area contributed by atoms with Crippen LogP contribution in [0.2, 0.25) is 0 Å². The Bertz CT molecular complexity index is 3150. The fourth-order valence-corrected chi connectivity index (χ4v) is 8.44. The third kappa shape index (κ3) is 5.63. The Morgan fingerprint density at radius 2 is 0.946 bits per heavy atom. The molecule has 0 atom stereocenters. The van der Waals surface area contributed by atoms with Crippen LogP contribution in [0.15, 0.2) is 195 Å². The summed E-state index contributed by atoms with van der Waals surface area (Å²) in [4.78, 5) is 5.12. The fourth-order valence-electron chi connectivity index (χ4n) is 8.44. The summed E-state index contributed by atoms with van der Waals surface area (Å²) in [7, 11) is 0. The number of hydrogen-bond donors (Lipinski definition) is 0. The van der Waals surface area contributed by atoms with Gasteiger partial charge in [0.2, 0.25) is 0 Å². The van der Waals surface area contributed by atoms with Crippen LogP contribution in [0.25, 0.3) is 106 Å². The molecule has 0 amide bonds. The molecule has 56 heavy (non-hydrogen) atoms. The van der Waals surface area contributed by atoms with E-state index in [1.807, 2.05) is 31.2 Å². The zero-order valence-corrected chi connectivity index (χ0v) is 31.2. The lowest BCUT2D eigenvalue weighted by atomic mass is 9.84. The Balaban J connectivity index is 1.18. The maximum Gasteiger partial charge on any atom is 0.145 e. The molecule has 0 spiro atoms. The summed E-state index contributed by atoms with van der Waals surface area (Å²) < 4.78 is 2.20. The van der Waals surface area contributed by atoms with E-state index >= 15 is 0 Å². The Kier molecular flexibility index (Phi) is 8.23. The van der Waals surface area contributed by atoms with Crippen molar-refractivity contribution in [2.45, 2.75) is 6.92 Å². The molecule has 0 aliphatic rings. The molecule has 0 unspecified atom stereocenters. The first-order chi connectivity index (χ1) is 27.7. The minimum Gasteiger partial charge on any atom is -0.292 e. The molecular formula is C54H38N2. The maximum atomic E-state index is 5.12. The van der Waals surface area contributed by atoms with E-state index in [-0.39, 0.29) is 0 Å². The Labute approximate surface area is 327 Å². The van der Waals surface area contributed by atoms with Gasteiger partial charge in [-0.3, -0.25) is 4.57 Å². The van der Waals surface area contributed by atoms with E-state index in [1.165, 1.54) is 70.9 Å². The van der Waals surface area contributed by atoms with Crippen molar-refractivity contribution in [3.05, 3.63) is 206 Å². The normalized spacial score (nSPS) is 11.7. The van der Waals surface area contributed by atoms with Crippen molar-refractivity contribution in [2.75, 3.05) is 0 Å². The van der Waals surface area contributed by atoms with Crippen LogP contribution >= 0.6 is 0 Å². The third-order valence-electron chi connectivity index (χ3n) is 11.1. The van der Waals surface area contributed by atoms with E-state index in [9.17, 15) is 0 Å². The van der Waals surface area contributed by atoms with E-state index in [2.05, 4.69) is 187 Å². The molecule has 0 radical (unpaired) electrons. The predicted molar refractivity (Wildman–Crippen MR) is 240 cm³/mol. The molecule has 0 aliphatic carbocycles. The number of para-hydroxylation sites is 1. The number of hydrogen-bond acceptors (Lipinski definition) is 1. The Hall–Kier alpha value is -7.29. The minimum absolute atomic E-state index is 0.884. The second kappa shape index (κ2) is 13.8. The van der Waals surface area contributed by atoms with Crippen LogP contribution in [-0.4, -0.2) is 9.55 Å². The second-order valence-corrected chi connectivity index (χ2v) is 14.3. The standard InChI is InChI=1S/C54H38N2/c1-3-14-50-51(4-2)56(45-19-6-5-7-20-45)54(55-50)39-27-23-38(24-28-39)42-31-32-48-49(35-42)53(44-30-26-37-16-9-11-18-41(37)34-44)47-22-13-12-21-46(47)52(48)43-29-25-36-15-8-10-17-40(36)33-43/h3-35H,2H2,1H3/b14-3-. The van der Waals surface area contributed by atoms with E-state index < -0.39 is 0 Å². The van der Waals surface area contributed by atoms with Crippen LogP contribution in [0.4, 0.5) is 0 Å². The van der Waals surface area contributed by atoms with E-state index in [4.69, 9.17) is 4.98 Å². The zero-order chi connectivity index (χ0) is 37.6. The number of fused-ring (bicyclic) bond motifs is 4. The van der Waals surface area contributed by atoms with Gasteiger partial charge in [0.25, 0.3) is 0 Å². The molecule has 10 rings (SSSR count). The van der Waals surface area contributed by atoms with Crippen LogP contribution < -0.4 is 0 Å². The largest absolute Gasteiger partial charge is 0.292 e. The van der Waals surface area contributed by atoms with Crippen molar-refractivity contribution in [2.24, 2.45) is 0 Å². The minimum atomic E-state index is 0.884. The van der Waals surface area contributed by atoms with Crippen LogP contribution in [-0.2, 0) is 0 Å². The summed E-state index contributed by atoms with van der Waals surface area (Å²) in [6.07, 6.45) is 5.97. The van der Waals surface area contributed by atoms with Crippen molar-refractivity contribution in [1.29, 1.82) is 0 Å². The van der Waals surface area contributed by atoms with Gasteiger partial charge >= 0.3 is 0 Å². The lowest BCUT2D eigenvalue weighted by molar-refractivity contribution is 1.05. The van der Waals surface area contributed by atoms with Crippen molar-refractivity contribution in [3.63, 3.8) is 0 Å². The number of allylic oxidation sites excluding steroid dienone is 1. The maximum absolute atomic E-state index is 5.12. The molecule has 0 saturated carbocycles. The smallest absolute Gasteiger partial charge is 0.145 e. The molecule has 0 N–H and O–H groups in total. The summed E-state index contributed by atoms with van der Waals surface area (Å²) >= 11 is 0. The monoisotopic (exact) mass is 714 g/mol. The van der Waals surface area contributed by atoms with Gasteiger partial charge in [0, 0.05) is 11.3 Å². The first-order valence-electron chi connectivity index (χ1n) is 19.2. The summed E-state index contributed by atoms with van der Waals surface area (Å²) in [5.74, 6) is 0.884. The quantitative estimate of drug-likeness (QED) is 0.150. The molecule has 2 nitrogen and oxygen atoms in total. The van der Waals surface area contributed by atoms with Crippen molar-refractivity contribution in [3.8, 4) is 50.5 Å². The SMILES string of the molecule is C=Cc1c(/C=C\C)nc(-c2ccc(-c3ccc4c(-c5ccc6ccccc6c5)c5ccccc5c(-c5ccc6ccccc6c5)c4c3)cc2)n1-c1ccccc1. The van der Waals surface area contributed by atoms with Crippen LogP contribution in [0.1, 0.15) is 18.3 Å². The molecule has 1 aromatic heterocycles. The first kappa shape index (κ1) is 33.3. The predicted octanol–water partition coefficient (Wildman–Crippen LogP) is 14.8. The molecule has 10 aromatic rings. The summed E-state index contributed by atoms with van der Waals surface area (Å²) in [6, 6.07) is 66.2. The van der Waals surface area contributed by atoms with E-state index in [1.54, 1.807) is 0 Å². The number of aromatic nitrogens is 2. The van der Waals surface area contributed by atoms with Crippen LogP contribution in [0.3, 0.4) is 0 Å². The molecule has 2 heteroatoms. The zero-order valence-electron chi connectivity index (χ0n) is 31.2. The van der Waals surface area contributed by atoms with Crippen molar-refractivity contribution >= 4 is 55.2 Å². The summed E-state index contributed by atoms with van der Waals surface area (Å²) in [5, 5.41) is 9.92. The second-order valence-electron chi connectivity index (χ2n) is 14.3. The van der Waals surface area contributed by atoms with Gasteiger partial charge in [-0.1, -0.05) is 164 Å². The number of rotatable bonds is 7. The van der Waals surface area contributed by atoms with Gasteiger partial charge < -0.3 is 0 Å². The van der Waals surface area contributed by atoms with Crippen molar-refractivity contribution < 1.29 is 0 Å². The lowest BCUT2D eigenvalue weighted by Gasteiger charge is -2.19. The molecular weight excluding hydrogens is 677 g/mol. The molecule has 0 bridgehead atoms. The van der Waals surface area contributed by atoms with Gasteiger partial charge in [0.1, 0.15) is 5.82 Å². The molecule has 0 saturated heterocycles. The fraction of sp³-hybridized carbons (Fsp3) is 0.0185. The molecule has 9 aromatic carbocycles. The number of nitrogens with zero attached hydrogens (tertiary/aromatic N) is 2. The van der Waals surface area contributed by atoms with Gasteiger partial charge in [-0.05, 0) is 126 Å². The average molecular weight is 715 g/mol. The topological polar surface area (TPSA) is 17.8 Å². The number of imidazole rings is 1. The van der Waals surface area contributed by atoms with Crippen molar-refractivity contribution in [1.82, 2.24) is 9.55 Å². The third-order valence-corrected chi connectivity index (χ3v) is 11.1. The van der Waals surface area contributed by atoms with E-state index in [0.717, 1.165) is 34.0 Å². The molecule has 0 aliphatic heterocycles. The number of benzene rings is 9. The average Bonchev–Trinajstić information content (AvgIpc) is 3.63. The highest BCUT2D eigenvalue weighted by molar-refractivity contribution is 6.22. The lowest BCUT2D eigenvalue weighted by Crippen LogP contribution is -1.99. The highest BCUT2D eigenvalue weighted by Crippen LogP contribution is 2.46. The Morgan fingerprint density at radius 1 is 0.446 bits per heavy atom. The Morgan fingerprint density at radius 3 is 1.55 bits per heavy atom. The van der Waals surface area contributed by atoms with Gasteiger partial charge in [-0.25, -0.2) is 4.98 Å².